The Morgan fingerprint density at radius 1 is 1.12 bits per heavy atom. The van der Waals surface area contributed by atoms with Crippen LogP contribution in [0.25, 0.3) is 11.1 Å². The number of H-pyrrole nitrogens is 1. The van der Waals surface area contributed by atoms with Crippen LogP contribution in [0.15, 0.2) is 54.6 Å². The number of amides is 1. The van der Waals surface area contributed by atoms with E-state index in [-0.39, 0.29) is 30.3 Å². The lowest BCUT2D eigenvalue weighted by Gasteiger charge is -2.24. The number of halogens is 1. The summed E-state index contributed by atoms with van der Waals surface area (Å²) in [4.78, 5) is 35.0. The van der Waals surface area contributed by atoms with Crippen molar-refractivity contribution in [3.8, 4) is 11.1 Å². The standard InChI is InChI=1S/C22H21ClN4O5/c1-13(28)18-10-19(25-24-18)21(30)26-27(12-20(29)22(31)32)11-14-5-7-15(8-6-14)16-3-2-4-17(23)9-16/h2-10,20,29H,11-12H2,1H3,(H,24,25)(H,26,30)(H,31,32)/t20-/m1/s1. The third-order valence-corrected chi connectivity index (χ3v) is 4.84. The second-order valence-electron chi connectivity index (χ2n) is 7.11. The molecule has 166 valence electrons. The molecule has 0 aliphatic heterocycles. The number of nitrogens with zero attached hydrogens (tertiary/aromatic N) is 2. The molecule has 0 fully saturated rings. The second kappa shape index (κ2) is 10.2. The van der Waals surface area contributed by atoms with Crippen LogP contribution in [0.5, 0.6) is 0 Å². The number of benzene rings is 2. The van der Waals surface area contributed by atoms with Gasteiger partial charge in [-0.3, -0.25) is 20.1 Å². The quantitative estimate of drug-likeness (QED) is 0.287. The molecule has 0 aliphatic carbocycles. The molecule has 3 rings (SSSR count). The monoisotopic (exact) mass is 456 g/mol. The highest BCUT2D eigenvalue weighted by atomic mass is 35.5. The fraction of sp³-hybridized carbons (Fsp3) is 0.182. The van der Waals surface area contributed by atoms with Gasteiger partial charge in [-0.05, 0) is 34.9 Å². The Bertz CT molecular complexity index is 1130. The third kappa shape index (κ3) is 6.01. The van der Waals surface area contributed by atoms with Crippen LogP contribution >= 0.6 is 11.6 Å². The molecule has 1 atom stereocenters. The van der Waals surface area contributed by atoms with E-state index in [2.05, 4.69) is 15.6 Å². The van der Waals surface area contributed by atoms with Crippen molar-refractivity contribution in [2.45, 2.75) is 19.6 Å². The van der Waals surface area contributed by atoms with E-state index in [9.17, 15) is 19.5 Å². The van der Waals surface area contributed by atoms with Gasteiger partial charge in [0.25, 0.3) is 5.91 Å². The third-order valence-electron chi connectivity index (χ3n) is 4.61. The minimum Gasteiger partial charge on any atom is -0.479 e. The van der Waals surface area contributed by atoms with Gasteiger partial charge in [-0.15, -0.1) is 0 Å². The summed E-state index contributed by atoms with van der Waals surface area (Å²) in [7, 11) is 0. The number of carboxylic acids is 1. The molecule has 9 nitrogen and oxygen atoms in total. The summed E-state index contributed by atoms with van der Waals surface area (Å²) in [6.45, 7) is 1.09. The van der Waals surface area contributed by atoms with Crippen LogP contribution in [-0.4, -0.2) is 55.7 Å². The average molecular weight is 457 g/mol. The first-order valence-corrected chi connectivity index (χ1v) is 9.98. The molecule has 4 N–H and O–H groups in total. The van der Waals surface area contributed by atoms with E-state index in [1.807, 2.05) is 42.5 Å². The van der Waals surface area contributed by atoms with Gasteiger partial charge in [-0.1, -0.05) is 48.0 Å². The molecule has 32 heavy (non-hydrogen) atoms. The molecule has 0 bridgehead atoms. The lowest BCUT2D eigenvalue weighted by Crippen LogP contribution is -2.47. The van der Waals surface area contributed by atoms with Crippen molar-refractivity contribution in [1.82, 2.24) is 20.6 Å². The number of nitrogens with one attached hydrogen (secondary N) is 2. The highest BCUT2D eigenvalue weighted by molar-refractivity contribution is 6.30. The van der Waals surface area contributed by atoms with Crippen molar-refractivity contribution in [2.24, 2.45) is 0 Å². The first kappa shape index (κ1) is 23.1. The van der Waals surface area contributed by atoms with E-state index in [1.165, 1.54) is 18.0 Å². The average Bonchev–Trinajstić information content (AvgIpc) is 3.25. The number of hydrogen-bond acceptors (Lipinski definition) is 6. The van der Waals surface area contributed by atoms with E-state index < -0.39 is 18.0 Å². The number of aromatic nitrogens is 2. The molecule has 1 amide bonds. The number of Topliss-reactive ketones (excluding diaryl/α,β-unsaturated/α-hetero) is 1. The fourth-order valence-corrected chi connectivity index (χ4v) is 3.14. The maximum absolute atomic E-state index is 12.5. The summed E-state index contributed by atoms with van der Waals surface area (Å²) in [6, 6.07) is 16.1. The van der Waals surface area contributed by atoms with Crippen LogP contribution in [0.1, 0.15) is 33.5 Å². The van der Waals surface area contributed by atoms with E-state index in [4.69, 9.17) is 16.7 Å². The van der Waals surface area contributed by atoms with Gasteiger partial charge in [-0.25, -0.2) is 9.80 Å². The molecule has 2 aromatic carbocycles. The van der Waals surface area contributed by atoms with Crippen molar-refractivity contribution in [2.75, 3.05) is 6.54 Å². The van der Waals surface area contributed by atoms with Crippen LogP contribution in [-0.2, 0) is 11.3 Å². The lowest BCUT2D eigenvalue weighted by atomic mass is 10.0. The Labute approximate surface area is 188 Å². The SMILES string of the molecule is CC(=O)c1cc(C(=O)NN(Cc2ccc(-c3cccc(Cl)c3)cc2)C[C@@H](O)C(=O)O)[nH]n1. The summed E-state index contributed by atoms with van der Waals surface area (Å²) in [5.74, 6) is -2.35. The Morgan fingerprint density at radius 3 is 2.44 bits per heavy atom. The maximum Gasteiger partial charge on any atom is 0.333 e. The minimum absolute atomic E-state index is 0.0290. The second-order valence-corrected chi connectivity index (χ2v) is 7.54. The topological polar surface area (TPSA) is 136 Å². The Balaban J connectivity index is 1.75. The van der Waals surface area contributed by atoms with Crippen molar-refractivity contribution in [1.29, 1.82) is 0 Å². The first-order valence-electron chi connectivity index (χ1n) is 9.61. The zero-order valence-electron chi connectivity index (χ0n) is 17.1. The minimum atomic E-state index is -1.71. The fourth-order valence-electron chi connectivity index (χ4n) is 2.95. The zero-order chi connectivity index (χ0) is 23.3. The lowest BCUT2D eigenvalue weighted by molar-refractivity contribution is -0.148. The van der Waals surface area contributed by atoms with E-state index in [1.54, 1.807) is 6.07 Å². The number of carboxylic acid groups (broad SMARTS) is 1. The van der Waals surface area contributed by atoms with Gasteiger partial charge < -0.3 is 10.2 Å². The van der Waals surface area contributed by atoms with Crippen LogP contribution in [0, 0.1) is 0 Å². The Hall–Kier alpha value is -3.53. The number of aromatic amines is 1. The number of aliphatic carboxylic acids is 1. The van der Waals surface area contributed by atoms with Crippen LogP contribution in [0.3, 0.4) is 0 Å². The summed E-state index contributed by atoms with van der Waals surface area (Å²) in [5.41, 5.74) is 5.32. The molecule has 1 aromatic heterocycles. The highest BCUT2D eigenvalue weighted by Crippen LogP contribution is 2.23. The zero-order valence-corrected chi connectivity index (χ0v) is 17.8. The van der Waals surface area contributed by atoms with Gasteiger partial charge in [0.1, 0.15) is 11.4 Å². The normalized spacial score (nSPS) is 11.9. The summed E-state index contributed by atoms with van der Waals surface area (Å²) >= 11 is 6.04. The number of carbonyl (C=O) groups is 3. The number of ketones is 1. The van der Waals surface area contributed by atoms with Gasteiger partial charge in [-0.2, -0.15) is 5.10 Å². The van der Waals surface area contributed by atoms with Gasteiger partial charge in [0, 0.05) is 18.5 Å². The smallest absolute Gasteiger partial charge is 0.333 e. The molecule has 0 saturated carbocycles. The Morgan fingerprint density at radius 2 is 1.84 bits per heavy atom. The number of aliphatic hydroxyl groups is 1. The van der Waals surface area contributed by atoms with Gasteiger partial charge in [0.2, 0.25) is 0 Å². The van der Waals surface area contributed by atoms with E-state index >= 15 is 0 Å². The molecular formula is C22H21ClN4O5. The van der Waals surface area contributed by atoms with E-state index in [0.717, 1.165) is 16.7 Å². The van der Waals surface area contributed by atoms with Gasteiger partial charge >= 0.3 is 5.97 Å². The molecule has 0 aliphatic rings. The van der Waals surface area contributed by atoms with Crippen molar-refractivity contribution < 1.29 is 24.6 Å². The highest BCUT2D eigenvalue weighted by Gasteiger charge is 2.21. The molecule has 0 unspecified atom stereocenters. The summed E-state index contributed by atoms with van der Waals surface area (Å²) in [6.07, 6.45) is -1.71. The molecule has 0 saturated heterocycles. The van der Waals surface area contributed by atoms with E-state index in [0.29, 0.717) is 5.02 Å². The van der Waals surface area contributed by atoms with Crippen LogP contribution < -0.4 is 5.43 Å². The number of rotatable bonds is 9. The van der Waals surface area contributed by atoms with Crippen molar-refractivity contribution in [3.63, 3.8) is 0 Å². The number of aliphatic hydroxyl groups excluding tert-OH is 1. The predicted octanol–water partition coefficient (Wildman–Crippen LogP) is 2.53. The molecule has 10 heteroatoms. The summed E-state index contributed by atoms with van der Waals surface area (Å²) < 4.78 is 0. The largest absolute Gasteiger partial charge is 0.479 e. The molecule has 1 heterocycles. The molecular weight excluding hydrogens is 436 g/mol. The molecule has 0 spiro atoms. The first-order chi connectivity index (χ1) is 15.2. The Kier molecular flexibility index (Phi) is 7.37. The summed E-state index contributed by atoms with van der Waals surface area (Å²) in [5, 5.41) is 26.9. The van der Waals surface area contributed by atoms with Gasteiger partial charge in [0.15, 0.2) is 11.9 Å². The number of carbonyl (C=O) groups excluding carboxylic acids is 2. The molecule has 3 aromatic rings. The van der Waals surface area contributed by atoms with Gasteiger partial charge in [0.05, 0.1) is 6.54 Å². The van der Waals surface area contributed by atoms with Crippen LogP contribution in [0.4, 0.5) is 0 Å². The van der Waals surface area contributed by atoms with Crippen LogP contribution in [0.2, 0.25) is 5.02 Å². The maximum atomic E-state index is 12.5. The molecule has 0 radical (unpaired) electrons. The van der Waals surface area contributed by atoms with Crippen molar-refractivity contribution in [3.05, 3.63) is 76.6 Å². The van der Waals surface area contributed by atoms with Crippen molar-refractivity contribution >= 4 is 29.3 Å². The number of hydrogen-bond donors (Lipinski definition) is 4. The predicted molar refractivity (Wildman–Crippen MR) is 117 cm³/mol. The number of hydrazine groups is 1.